The van der Waals surface area contributed by atoms with Crippen LogP contribution in [0, 0.1) is 5.82 Å². The van der Waals surface area contributed by atoms with Crippen molar-refractivity contribution >= 4 is 11.8 Å². The summed E-state index contributed by atoms with van der Waals surface area (Å²) >= 11 is 0. The molecular formula is C10H9FO3. The molecule has 0 radical (unpaired) electrons. The molecule has 0 bridgehead atoms. The van der Waals surface area contributed by atoms with Crippen LogP contribution in [0.3, 0.4) is 0 Å². The molecule has 0 amide bonds. The number of Topliss-reactive ketones (excluding diaryl/α,β-unsaturated/α-hetero) is 1. The molecule has 74 valence electrons. The predicted molar refractivity (Wildman–Crippen MR) is 47.1 cm³/mol. The van der Waals surface area contributed by atoms with E-state index in [9.17, 15) is 14.0 Å². The summed E-state index contributed by atoms with van der Waals surface area (Å²) in [6.07, 6.45) is -0.134. The second-order valence-electron chi connectivity index (χ2n) is 2.72. The molecule has 14 heavy (non-hydrogen) atoms. The molecular weight excluding hydrogens is 187 g/mol. The second-order valence-corrected chi connectivity index (χ2v) is 2.72. The average Bonchev–Trinajstić information content (AvgIpc) is 2.16. The van der Waals surface area contributed by atoms with Gasteiger partial charge in [-0.1, -0.05) is 12.1 Å². The summed E-state index contributed by atoms with van der Waals surface area (Å²) in [4.78, 5) is 21.8. The van der Waals surface area contributed by atoms with Crippen LogP contribution in [0.15, 0.2) is 24.3 Å². The molecule has 0 N–H and O–H groups in total. The largest absolute Gasteiger partial charge is 0.463 e. The topological polar surface area (TPSA) is 43.4 Å². The zero-order valence-electron chi connectivity index (χ0n) is 7.62. The normalized spacial score (nSPS) is 9.57. The van der Waals surface area contributed by atoms with Crippen molar-refractivity contribution in [3.63, 3.8) is 0 Å². The van der Waals surface area contributed by atoms with Gasteiger partial charge in [-0.05, 0) is 17.7 Å². The number of halogens is 1. The van der Waals surface area contributed by atoms with Crippen LogP contribution in [0.25, 0.3) is 0 Å². The van der Waals surface area contributed by atoms with Crippen molar-refractivity contribution in [1.29, 1.82) is 0 Å². The molecule has 0 unspecified atom stereocenters. The lowest BCUT2D eigenvalue weighted by atomic mass is 10.1. The van der Waals surface area contributed by atoms with E-state index in [0.717, 1.165) is 7.11 Å². The Morgan fingerprint density at radius 1 is 1.43 bits per heavy atom. The first-order valence-corrected chi connectivity index (χ1v) is 3.99. The van der Waals surface area contributed by atoms with E-state index in [2.05, 4.69) is 4.74 Å². The molecule has 0 heterocycles. The van der Waals surface area contributed by atoms with Gasteiger partial charge in [0.2, 0.25) is 5.78 Å². The first-order chi connectivity index (χ1) is 6.63. The van der Waals surface area contributed by atoms with E-state index in [4.69, 9.17) is 0 Å². The summed E-state index contributed by atoms with van der Waals surface area (Å²) in [6, 6.07) is 5.53. The van der Waals surface area contributed by atoms with Crippen LogP contribution < -0.4 is 0 Å². The maximum Gasteiger partial charge on any atom is 0.374 e. The number of benzene rings is 1. The first-order valence-electron chi connectivity index (χ1n) is 3.99. The van der Waals surface area contributed by atoms with Crippen molar-refractivity contribution in [3.8, 4) is 0 Å². The van der Waals surface area contributed by atoms with Crippen LogP contribution in [-0.4, -0.2) is 18.9 Å². The number of rotatable bonds is 3. The highest BCUT2D eigenvalue weighted by Crippen LogP contribution is 2.04. The lowest BCUT2D eigenvalue weighted by molar-refractivity contribution is -0.151. The summed E-state index contributed by atoms with van der Waals surface area (Å²) in [5, 5.41) is 0. The molecule has 0 aromatic heterocycles. The molecule has 1 rings (SSSR count). The minimum absolute atomic E-state index is 0.134. The zero-order valence-corrected chi connectivity index (χ0v) is 7.62. The van der Waals surface area contributed by atoms with Crippen molar-refractivity contribution in [3.05, 3.63) is 35.6 Å². The Morgan fingerprint density at radius 2 is 2.14 bits per heavy atom. The molecule has 0 aliphatic heterocycles. The van der Waals surface area contributed by atoms with Crippen molar-refractivity contribution < 1.29 is 18.7 Å². The van der Waals surface area contributed by atoms with E-state index in [1.165, 1.54) is 18.2 Å². The van der Waals surface area contributed by atoms with Gasteiger partial charge < -0.3 is 4.74 Å². The lowest BCUT2D eigenvalue weighted by Gasteiger charge is -1.99. The molecule has 0 atom stereocenters. The summed E-state index contributed by atoms with van der Waals surface area (Å²) in [6.45, 7) is 0. The van der Waals surface area contributed by atoms with Gasteiger partial charge in [0.15, 0.2) is 0 Å². The van der Waals surface area contributed by atoms with E-state index in [0.29, 0.717) is 5.56 Å². The average molecular weight is 196 g/mol. The van der Waals surface area contributed by atoms with E-state index in [-0.39, 0.29) is 6.42 Å². The highest BCUT2D eigenvalue weighted by molar-refractivity contribution is 6.34. The van der Waals surface area contributed by atoms with Gasteiger partial charge in [-0.25, -0.2) is 9.18 Å². The molecule has 1 aromatic carbocycles. The second kappa shape index (κ2) is 4.50. The third kappa shape index (κ3) is 2.65. The number of esters is 1. The number of hydrogen-bond donors (Lipinski definition) is 0. The van der Waals surface area contributed by atoms with Gasteiger partial charge in [0.1, 0.15) is 5.82 Å². The van der Waals surface area contributed by atoms with Crippen LogP contribution in [0.5, 0.6) is 0 Å². The molecule has 3 nitrogen and oxygen atoms in total. The first kappa shape index (κ1) is 10.4. The molecule has 4 heteroatoms. The minimum Gasteiger partial charge on any atom is -0.463 e. The van der Waals surface area contributed by atoms with Crippen LogP contribution in [-0.2, 0) is 20.7 Å². The van der Waals surface area contributed by atoms with Crippen molar-refractivity contribution in [2.75, 3.05) is 7.11 Å². The van der Waals surface area contributed by atoms with Crippen LogP contribution in [0.1, 0.15) is 5.56 Å². The van der Waals surface area contributed by atoms with Gasteiger partial charge in [0.25, 0.3) is 0 Å². The number of methoxy groups -OCH3 is 1. The number of carbonyl (C=O) groups excluding carboxylic acids is 2. The number of hydrogen-bond acceptors (Lipinski definition) is 3. The minimum atomic E-state index is -0.908. The number of ether oxygens (including phenoxy) is 1. The predicted octanol–water partition coefficient (Wildman–Crippen LogP) is 1.11. The fraction of sp³-hybridized carbons (Fsp3) is 0.200. The Morgan fingerprint density at radius 3 is 2.71 bits per heavy atom. The van der Waals surface area contributed by atoms with Crippen molar-refractivity contribution in [1.82, 2.24) is 0 Å². The standard InChI is InChI=1S/C10H9FO3/c1-14-10(13)9(12)6-7-3-2-4-8(11)5-7/h2-5H,6H2,1H3. The molecule has 0 saturated heterocycles. The van der Waals surface area contributed by atoms with Crippen molar-refractivity contribution in [2.24, 2.45) is 0 Å². The fourth-order valence-corrected chi connectivity index (χ4v) is 1.02. The maximum atomic E-state index is 12.7. The Bertz CT molecular complexity index is 360. The molecule has 0 saturated carbocycles. The molecule has 0 fully saturated rings. The third-order valence-corrected chi connectivity index (χ3v) is 1.67. The Hall–Kier alpha value is -1.71. The highest BCUT2D eigenvalue weighted by Gasteiger charge is 2.14. The highest BCUT2D eigenvalue weighted by atomic mass is 19.1. The van der Waals surface area contributed by atoms with E-state index in [1.54, 1.807) is 6.07 Å². The molecule has 1 aromatic rings. The SMILES string of the molecule is COC(=O)C(=O)Cc1cccc(F)c1. The smallest absolute Gasteiger partial charge is 0.374 e. The van der Waals surface area contributed by atoms with Gasteiger partial charge in [-0.2, -0.15) is 0 Å². The van der Waals surface area contributed by atoms with Crippen molar-refractivity contribution in [2.45, 2.75) is 6.42 Å². The Balaban J connectivity index is 2.70. The quantitative estimate of drug-likeness (QED) is 0.537. The van der Waals surface area contributed by atoms with Gasteiger partial charge in [-0.15, -0.1) is 0 Å². The van der Waals surface area contributed by atoms with Crippen LogP contribution in [0.2, 0.25) is 0 Å². The molecule has 0 aliphatic carbocycles. The summed E-state index contributed by atoms with van der Waals surface area (Å²) in [5.41, 5.74) is 0.459. The monoisotopic (exact) mass is 196 g/mol. The van der Waals surface area contributed by atoms with Crippen LogP contribution in [0.4, 0.5) is 4.39 Å². The summed E-state index contributed by atoms with van der Waals surface area (Å²) in [7, 11) is 1.13. The summed E-state index contributed by atoms with van der Waals surface area (Å²) in [5.74, 6) is -2.02. The fourth-order valence-electron chi connectivity index (χ4n) is 1.02. The van der Waals surface area contributed by atoms with E-state index in [1.807, 2.05) is 0 Å². The zero-order chi connectivity index (χ0) is 10.6. The Labute approximate surface area is 80.5 Å². The van der Waals surface area contributed by atoms with Crippen LogP contribution >= 0.6 is 0 Å². The van der Waals surface area contributed by atoms with Gasteiger partial charge >= 0.3 is 5.97 Å². The maximum absolute atomic E-state index is 12.7. The molecule has 0 spiro atoms. The van der Waals surface area contributed by atoms with Gasteiger partial charge in [0, 0.05) is 6.42 Å². The number of ketones is 1. The number of carbonyl (C=O) groups is 2. The van der Waals surface area contributed by atoms with Gasteiger partial charge in [-0.3, -0.25) is 4.79 Å². The van der Waals surface area contributed by atoms with E-state index >= 15 is 0 Å². The Kier molecular flexibility index (Phi) is 3.34. The van der Waals surface area contributed by atoms with Gasteiger partial charge in [0.05, 0.1) is 7.11 Å². The summed E-state index contributed by atoms with van der Waals surface area (Å²) < 4.78 is 16.9. The third-order valence-electron chi connectivity index (χ3n) is 1.67. The lowest BCUT2D eigenvalue weighted by Crippen LogP contribution is -2.17. The molecule has 0 aliphatic rings. The van der Waals surface area contributed by atoms with E-state index < -0.39 is 17.6 Å².